The van der Waals surface area contributed by atoms with Crippen LogP contribution < -0.4 is 5.73 Å². The number of hydrogen-bond acceptors (Lipinski definition) is 5. The quantitative estimate of drug-likeness (QED) is 0.841. The van der Waals surface area contributed by atoms with Gasteiger partial charge >= 0.3 is 0 Å². The molecule has 1 fully saturated rings. The Morgan fingerprint density at radius 2 is 2.00 bits per heavy atom. The number of morpholine rings is 1. The number of hydrogen-bond donors (Lipinski definition) is 1. The van der Waals surface area contributed by atoms with Crippen molar-refractivity contribution in [1.29, 1.82) is 0 Å². The summed E-state index contributed by atoms with van der Waals surface area (Å²) in [5.41, 5.74) is 5.92. The van der Waals surface area contributed by atoms with Gasteiger partial charge in [-0.15, -0.1) is 0 Å². The van der Waals surface area contributed by atoms with E-state index in [1.807, 2.05) is 0 Å². The summed E-state index contributed by atoms with van der Waals surface area (Å²) < 4.78 is 29.8. The van der Waals surface area contributed by atoms with E-state index in [-0.39, 0.29) is 21.4 Å². The number of ether oxygens (including phenoxy) is 1. The molecular weight excluding hydrogens is 288 g/mol. The lowest BCUT2D eigenvalue weighted by Crippen LogP contribution is -2.39. The highest BCUT2D eigenvalue weighted by atomic mass is 35.5. The van der Waals surface area contributed by atoms with Gasteiger partial charge in [0, 0.05) is 19.6 Å². The lowest BCUT2D eigenvalue weighted by molar-refractivity contribution is 0.0408. The molecule has 5 nitrogen and oxygen atoms in total. The minimum absolute atomic E-state index is 0.0148. The molecule has 1 aromatic rings. The third-order valence-corrected chi connectivity index (χ3v) is 5.31. The van der Waals surface area contributed by atoms with Crippen molar-refractivity contribution < 1.29 is 13.2 Å². The maximum Gasteiger partial charge on any atom is 0.183 e. The predicted molar refractivity (Wildman–Crippen MR) is 75.2 cm³/mol. The van der Waals surface area contributed by atoms with Gasteiger partial charge in [-0.1, -0.05) is 17.7 Å². The largest absolute Gasteiger partial charge is 0.398 e. The van der Waals surface area contributed by atoms with Crippen LogP contribution in [0.25, 0.3) is 0 Å². The lowest BCUT2D eigenvalue weighted by Gasteiger charge is -2.26. The smallest absolute Gasteiger partial charge is 0.183 e. The molecule has 1 heterocycles. The Morgan fingerprint density at radius 1 is 1.32 bits per heavy atom. The normalized spacial score (nSPS) is 17.5. The van der Waals surface area contributed by atoms with E-state index in [9.17, 15) is 8.42 Å². The fraction of sp³-hybridized carbons (Fsp3) is 0.500. The van der Waals surface area contributed by atoms with Gasteiger partial charge < -0.3 is 10.5 Å². The third kappa shape index (κ3) is 3.60. The zero-order valence-corrected chi connectivity index (χ0v) is 12.1. The summed E-state index contributed by atoms with van der Waals surface area (Å²) in [6.07, 6.45) is 0. The van der Waals surface area contributed by atoms with Gasteiger partial charge in [0.2, 0.25) is 0 Å². The number of sulfone groups is 1. The maximum atomic E-state index is 12.3. The number of nitrogens with zero attached hydrogens (tertiary/aromatic N) is 1. The van der Waals surface area contributed by atoms with Crippen molar-refractivity contribution in [1.82, 2.24) is 4.90 Å². The van der Waals surface area contributed by atoms with Crippen molar-refractivity contribution in [2.75, 3.05) is 44.3 Å². The van der Waals surface area contributed by atoms with E-state index < -0.39 is 9.84 Å². The highest BCUT2D eigenvalue weighted by molar-refractivity contribution is 7.91. The van der Waals surface area contributed by atoms with E-state index in [4.69, 9.17) is 22.1 Å². The Bertz CT molecular complexity index is 522. The van der Waals surface area contributed by atoms with Crippen molar-refractivity contribution in [3.63, 3.8) is 0 Å². The summed E-state index contributed by atoms with van der Waals surface area (Å²) in [6, 6.07) is 4.73. The highest BCUT2D eigenvalue weighted by Crippen LogP contribution is 2.28. The Labute approximate surface area is 118 Å². The highest BCUT2D eigenvalue weighted by Gasteiger charge is 2.22. The molecule has 0 bridgehead atoms. The average Bonchev–Trinajstić information content (AvgIpc) is 2.37. The molecule has 0 spiro atoms. The molecule has 0 amide bonds. The van der Waals surface area contributed by atoms with Crippen LogP contribution >= 0.6 is 11.6 Å². The van der Waals surface area contributed by atoms with Crippen molar-refractivity contribution in [2.24, 2.45) is 0 Å². The van der Waals surface area contributed by atoms with E-state index in [1.165, 1.54) is 0 Å². The maximum absolute atomic E-state index is 12.3. The zero-order chi connectivity index (χ0) is 13.9. The lowest BCUT2D eigenvalue weighted by atomic mass is 10.3. The summed E-state index contributed by atoms with van der Waals surface area (Å²) >= 11 is 5.94. The molecule has 2 rings (SSSR count). The van der Waals surface area contributed by atoms with Crippen molar-refractivity contribution in [3.8, 4) is 0 Å². The molecule has 0 aliphatic carbocycles. The SMILES string of the molecule is Nc1cccc(Cl)c1S(=O)(=O)CCN1CCOCC1. The first kappa shape index (κ1) is 14.6. The molecular formula is C12H17ClN2O3S. The van der Waals surface area contributed by atoms with Gasteiger partial charge in [0.1, 0.15) is 4.90 Å². The molecule has 0 saturated carbocycles. The summed E-state index contributed by atoms with van der Waals surface area (Å²) in [4.78, 5) is 2.11. The standard InChI is InChI=1S/C12H17ClN2O3S/c13-10-2-1-3-11(14)12(10)19(16,17)9-6-15-4-7-18-8-5-15/h1-3H,4-9,14H2. The monoisotopic (exact) mass is 304 g/mol. The Hall–Kier alpha value is -0.820. The van der Waals surface area contributed by atoms with Crippen LogP contribution in [0.4, 0.5) is 5.69 Å². The van der Waals surface area contributed by atoms with Crippen LogP contribution in [0.15, 0.2) is 23.1 Å². The summed E-state index contributed by atoms with van der Waals surface area (Å²) in [5.74, 6) is 0.0148. The zero-order valence-electron chi connectivity index (χ0n) is 10.5. The van der Waals surface area contributed by atoms with Crippen molar-refractivity contribution in [2.45, 2.75) is 4.90 Å². The first-order chi connectivity index (χ1) is 9.00. The van der Waals surface area contributed by atoms with Gasteiger partial charge in [-0.2, -0.15) is 0 Å². The summed E-state index contributed by atoms with van der Waals surface area (Å²) in [7, 11) is -3.46. The van der Waals surface area contributed by atoms with Crippen molar-refractivity contribution >= 4 is 27.1 Å². The van der Waals surface area contributed by atoms with Gasteiger partial charge in [-0.25, -0.2) is 8.42 Å². The van der Waals surface area contributed by atoms with Crippen LogP contribution in [-0.2, 0) is 14.6 Å². The van der Waals surface area contributed by atoms with E-state index in [0.717, 1.165) is 13.1 Å². The third-order valence-electron chi connectivity index (χ3n) is 3.09. The van der Waals surface area contributed by atoms with Crippen molar-refractivity contribution in [3.05, 3.63) is 23.2 Å². The molecule has 0 radical (unpaired) electrons. The number of benzene rings is 1. The molecule has 0 aromatic heterocycles. The first-order valence-corrected chi connectivity index (χ1v) is 8.10. The second-order valence-corrected chi connectivity index (χ2v) is 6.88. The minimum atomic E-state index is -3.46. The number of nitrogen functional groups attached to an aromatic ring is 1. The van der Waals surface area contributed by atoms with Crippen LogP contribution in [0.1, 0.15) is 0 Å². The van der Waals surface area contributed by atoms with Crippen LogP contribution in [0.2, 0.25) is 5.02 Å². The average molecular weight is 305 g/mol. The fourth-order valence-corrected chi connectivity index (χ4v) is 4.06. The molecule has 19 heavy (non-hydrogen) atoms. The number of nitrogens with two attached hydrogens (primary N) is 1. The van der Waals surface area contributed by atoms with E-state index in [0.29, 0.717) is 19.8 Å². The van der Waals surface area contributed by atoms with Crippen LogP contribution in [-0.4, -0.2) is 51.9 Å². The summed E-state index contributed by atoms with van der Waals surface area (Å²) in [5, 5.41) is 0.182. The molecule has 106 valence electrons. The second kappa shape index (κ2) is 6.09. The molecule has 7 heteroatoms. The predicted octanol–water partition coefficient (Wildman–Crippen LogP) is 1.03. The van der Waals surface area contributed by atoms with Gasteiger partial charge in [-0.3, -0.25) is 4.90 Å². The van der Waals surface area contributed by atoms with E-state index in [2.05, 4.69) is 4.90 Å². The molecule has 1 aliphatic heterocycles. The minimum Gasteiger partial charge on any atom is -0.398 e. The van der Waals surface area contributed by atoms with Crippen LogP contribution in [0.5, 0.6) is 0 Å². The number of rotatable bonds is 4. The number of halogens is 1. The molecule has 1 saturated heterocycles. The molecule has 0 atom stereocenters. The number of anilines is 1. The second-order valence-electron chi connectivity index (χ2n) is 4.43. The first-order valence-electron chi connectivity index (χ1n) is 6.07. The van der Waals surface area contributed by atoms with Crippen LogP contribution in [0.3, 0.4) is 0 Å². The van der Waals surface area contributed by atoms with Gasteiger partial charge in [0.15, 0.2) is 9.84 Å². The topological polar surface area (TPSA) is 72.6 Å². The van der Waals surface area contributed by atoms with Gasteiger partial charge in [-0.05, 0) is 12.1 Å². The van der Waals surface area contributed by atoms with E-state index >= 15 is 0 Å². The van der Waals surface area contributed by atoms with Gasteiger partial charge in [0.05, 0.1) is 29.7 Å². The fourth-order valence-electron chi connectivity index (χ4n) is 2.03. The summed E-state index contributed by atoms with van der Waals surface area (Å²) in [6.45, 7) is 3.28. The Morgan fingerprint density at radius 3 is 2.63 bits per heavy atom. The van der Waals surface area contributed by atoms with E-state index in [1.54, 1.807) is 18.2 Å². The van der Waals surface area contributed by atoms with Crippen LogP contribution in [0, 0.1) is 0 Å². The molecule has 1 aliphatic rings. The Balaban J connectivity index is 2.09. The Kier molecular flexibility index (Phi) is 4.67. The molecule has 0 unspecified atom stereocenters. The molecule has 1 aromatic carbocycles. The molecule has 2 N–H and O–H groups in total. The van der Waals surface area contributed by atoms with Gasteiger partial charge in [0.25, 0.3) is 0 Å².